The number of hydrogen-bond acceptors (Lipinski definition) is 6. The van der Waals surface area contributed by atoms with Gasteiger partial charge in [0.2, 0.25) is 6.29 Å². The molecular formula is C18H19ClN4OS2. The van der Waals surface area contributed by atoms with Gasteiger partial charge in [-0.3, -0.25) is 20.0 Å². The van der Waals surface area contributed by atoms with Crippen molar-refractivity contribution in [2.75, 3.05) is 11.4 Å². The molecular weight excluding hydrogens is 388 g/mol. The highest BCUT2D eigenvalue weighted by Crippen LogP contribution is 2.38. The lowest BCUT2D eigenvalue weighted by molar-refractivity contribution is 0.0644. The lowest BCUT2D eigenvalue weighted by Gasteiger charge is -2.39. The second-order valence-corrected chi connectivity index (χ2v) is 8.46. The molecule has 1 amide bonds. The normalized spacial score (nSPS) is 18.5. The molecule has 2 aliphatic rings. The molecule has 0 saturated heterocycles. The van der Waals surface area contributed by atoms with Gasteiger partial charge in [0.15, 0.2) is 5.17 Å². The molecule has 136 valence electrons. The molecule has 1 aromatic carbocycles. The number of amides is 1. The van der Waals surface area contributed by atoms with E-state index >= 15 is 0 Å². The van der Waals surface area contributed by atoms with Gasteiger partial charge in [0, 0.05) is 17.3 Å². The Bertz CT molecular complexity index is 836. The third-order valence-electron chi connectivity index (χ3n) is 4.41. The van der Waals surface area contributed by atoms with Gasteiger partial charge in [-0.1, -0.05) is 48.8 Å². The summed E-state index contributed by atoms with van der Waals surface area (Å²) in [6, 6.07) is 9.86. The fourth-order valence-electron chi connectivity index (χ4n) is 3.05. The number of unbranched alkanes of at least 4 members (excludes halogenated alkanes) is 1. The first kappa shape index (κ1) is 17.7. The van der Waals surface area contributed by atoms with Crippen molar-refractivity contribution in [2.24, 2.45) is 5.10 Å². The second-order valence-electron chi connectivity index (χ2n) is 6.17. The average molecular weight is 407 g/mol. The quantitative estimate of drug-likeness (QED) is 0.790. The van der Waals surface area contributed by atoms with Crippen molar-refractivity contribution in [3.8, 4) is 0 Å². The van der Waals surface area contributed by atoms with Crippen molar-refractivity contribution in [1.29, 1.82) is 0 Å². The Kier molecular flexibility index (Phi) is 5.11. The molecule has 0 fully saturated rings. The number of hydrogen-bond donors (Lipinski definition) is 1. The molecule has 8 heteroatoms. The van der Waals surface area contributed by atoms with Crippen molar-refractivity contribution in [1.82, 2.24) is 10.3 Å². The Hall–Kier alpha value is -1.70. The van der Waals surface area contributed by atoms with Crippen molar-refractivity contribution >= 4 is 51.5 Å². The summed E-state index contributed by atoms with van der Waals surface area (Å²) in [4.78, 5) is 17.7. The Labute approximate surface area is 166 Å². The number of benzene rings is 1. The zero-order chi connectivity index (χ0) is 18.1. The zero-order valence-corrected chi connectivity index (χ0v) is 16.7. The van der Waals surface area contributed by atoms with E-state index in [2.05, 4.69) is 22.4 Å². The van der Waals surface area contributed by atoms with E-state index in [1.165, 1.54) is 16.9 Å². The van der Waals surface area contributed by atoms with Crippen molar-refractivity contribution in [2.45, 2.75) is 31.8 Å². The Balaban J connectivity index is 1.55. The maximum Gasteiger partial charge on any atom is 0.269 e. The summed E-state index contributed by atoms with van der Waals surface area (Å²) in [5, 5.41) is 8.13. The monoisotopic (exact) mass is 406 g/mol. The van der Waals surface area contributed by atoms with Gasteiger partial charge in [-0.2, -0.15) is 5.10 Å². The predicted octanol–water partition coefficient (Wildman–Crippen LogP) is 4.56. The molecule has 26 heavy (non-hydrogen) atoms. The Morgan fingerprint density at radius 1 is 1.31 bits per heavy atom. The van der Waals surface area contributed by atoms with E-state index in [9.17, 15) is 4.79 Å². The smallest absolute Gasteiger partial charge is 0.269 e. The minimum absolute atomic E-state index is 0.0938. The largest absolute Gasteiger partial charge is 0.298 e. The summed E-state index contributed by atoms with van der Waals surface area (Å²) in [5.41, 5.74) is 5.29. The van der Waals surface area contributed by atoms with E-state index in [4.69, 9.17) is 11.6 Å². The average Bonchev–Trinajstić information content (AvgIpc) is 3.28. The van der Waals surface area contributed by atoms with Crippen LogP contribution in [0, 0.1) is 0 Å². The fraction of sp³-hybridized carbons (Fsp3) is 0.333. The first-order chi connectivity index (χ1) is 12.7. The molecule has 4 rings (SSSR count). The number of nitrogens with zero attached hydrogens (tertiary/aromatic N) is 3. The number of hydrazone groups is 1. The van der Waals surface area contributed by atoms with Crippen molar-refractivity contribution in [3.05, 3.63) is 51.2 Å². The number of nitrogens with one attached hydrogen (secondary N) is 1. The van der Waals surface area contributed by atoms with Crippen LogP contribution >= 0.6 is 34.7 Å². The number of amidine groups is 1. The fourth-order valence-corrected chi connectivity index (χ4v) is 4.96. The lowest BCUT2D eigenvalue weighted by Crippen LogP contribution is -2.58. The number of halogens is 1. The number of rotatable bonds is 5. The number of thioether (sulfide) groups is 1. The maximum atomic E-state index is 12.8. The molecule has 1 atom stereocenters. The minimum Gasteiger partial charge on any atom is -0.298 e. The van der Waals surface area contributed by atoms with Crippen LogP contribution in [0.5, 0.6) is 0 Å². The number of carbonyl (C=O) groups is 1. The number of fused-ring (bicyclic) bond motifs is 3. The predicted molar refractivity (Wildman–Crippen MR) is 110 cm³/mol. The molecule has 0 saturated carbocycles. The minimum atomic E-state index is -0.233. The third-order valence-corrected chi connectivity index (χ3v) is 6.58. The van der Waals surface area contributed by atoms with Gasteiger partial charge in [0.05, 0.1) is 5.69 Å². The molecule has 0 radical (unpaired) electrons. The molecule has 2 aromatic rings. The number of anilines is 1. The molecule has 2 aliphatic heterocycles. The zero-order valence-electron chi connectivity index (χ0n) is 14.3. The van der Waals surface area contributed by atoms with Gasteiger partial charge >= 0.3 is 0 Å². The molecule has 0 spiro atoms. The second kappa shape index (κ2) is 7.50. The van der Waals surface area contributed by atoms with Crippen LogP contribution in [-0.4, -0.2) is 28.8 Å². The van der Waals surface area contributed by atoms with Crippen LogP contribution in [0.25, 0.3) is 0 Å². The van der Waals surface area contributed by atoms with E-state index in [0.717, 1.165) is 45.9 Å². The van der Waals surface area contributed by atoms with Crippen molar-refractivity contribution < 1.29 is 4.79 Å². The summed E-state index contributed by atoms with van der Waals surface area (Å²) < 4.78 is 0. The van der Waals surface area contributed by atoms with Crippen LogP contribution in [0.4, 0.5) is 5.69 Å². The highest BCUT2D eigenvalue weighted by atomic mass is 35.5. The standard InChI is InChI=1S/C18H19ClN4OS2/c1-2-3-9-22-16(24)15-14(8-10-25-15)23-17(22)20-21-18(23)26-11-12-4-6-13(19)7-5-12/h4-8,10,17,20H,2-3,9,11H2,1H3. The summed E-state index contributed by atoms with van der Waals surface area (Å²) in [7, 11) is 0. The molecule has 1 unspecified atom stereocenters. The van der Waals surface area contributed by atoms with Gasteiger partial charge in [-0.25, -0.2) is 0 Å². The topological polar surface area (TPSA) is 47.9 Å². The summed E-state index contributed by atoms with van der Waals surface area (Å²) in [6.07, 6.45) is 1.79. The van der Waals surface area contributed by atoms with E-state index < -0.39 is 0 Å². The summed E-state index contributed by atoms with van der Waals surface area (Å²) in [5.74, 6) is 0.889. The first-order valence-electron chi connectivity index (χ1n) is 8.57. The van der Waals surface area contributed by atoms with Crippen molar-refractivity contribution in [3.63, 3.8) is 0 Å². The van der Waals surface area contributed by atoms with Gasteiger partial charge in [-0.15, -0.1) is 11.3 Å². The highest BCUT2D eigenvalue weighted by molar-refractivity contribution is 8.13. The van der Waals surface area contributed by atoms with Gasteiger partial charge in [-0.05, 0) is 35.6 Å². The van der Waals surface area contributed by atoms with E-state index in [1.54, 1.807) is 11.8 Å². The lowest BCUT2D eigenvalue weighted by atomic mass is 10.2. The molecule has 1 N–H and O–H groups in total. The van der Waals surface area contributed by atoms with E-state index in [0.29, 0.717) is 0 Å². The van der Waals surface area contributed by atoms with E-state index in [-0.39, 0.29) is 12.2 Å². The van der Waals surface area contributed by atoms with Crippen LogP contribution in [-0.2, 0) is 5.75 Å². The van der Waals surface area contributed by atoms with Crippen LogP contribution in [0.3, 0.4) is 0 Å². The molecule has 1 aromatic heterocycles. The molecule has 0 bridgehead atoms. The van der Waals surface area contributed by atoms with Crippen LogP contribution in [0.15, 0.2) is 40.8 Å². The number of carbonyl (C=O) groups excluding carboxylic acids is 1. The SMILES string of the molecule is CCCCN1C(=O)c2sccc2N2C(SCc3ccc(Cl)cc3)=NNC12. The first-order valence-corrected chi connectivity index (χ1v) is 10.8. The number of thiophene rings is 1. The summed E-state index contributed by atoms with van der Waals surface area (Å²) >= 11 is 9.12. The van der Waals surface area contributed by atoms with Crippen LogP contribution < -0.4 is 10.3 Å². The Morgan fingerprint density at radius 2 is 2.12 bits per heavy atom. The van der Waals surface area contributed by atoms with Gasteiger partial charge < -0.3 is 0 Å². The molecule has 5 nitrogen and oxygen atoms in total. The van der Waals surface area contributed by atoms with Gasteiger partial charge in [0.1, 0.15) is 4.88 Å². The molecule has 3 heterocycles. The maximum absolute atomic E-state index is 12.8. The molecule has 0 aliphatic carbocycles. The Morgan fingerprint density at radius 3 is 2.88 bits per heavy atom. The summed E-state index contributed by atoms with van der Waals surface area (Å²) in [6.45, 7) is 2.86. The van der Waals surface area contributed by atoms with Crippen LogP contribution in [0.1, 0.15) is 35.0 Å². The van der Waals surface area contributed by atoms with Crippen LogP contribution in [0.2, 0.25) is 5.02 Å². The third kappa shape index (κ3) is 3.19. The van der Waals surface area contributed by atoms with Gasteiger partial charge in [0.25, 0.3) is 5.91 Å². The van der Waals surface area contributed by atoms with E-state index in [1.807, 2.05) is 40.6 Å². The highest BCUT2D eigenvalue weighted by Gasteiger charge is 2.43.